The predicted octanol–water partition coefficient (Wildman–Crippen LogP) is 4.92. The minimum atomic E-state index is -4.31. The summed E-state index contributed by atoms with van der Waals surface area (Å²) in [5.74, 6) is 0. The van der Waals surface area contributed by atoms with E-state index >= 15 is 0 Å². The molecule has 0 radical (unpaired) electrons. The third-order valence-corrected chi connectivity index (χ3v) is 2.54. The van der Waals surface area contributed by atoms with Gasteiger partial charge in [-0.25, -0.2) is 4.85 Å². The molecule has 0 saturated carbocycles. The summed E-state index contributed by atoms with van der Waals surface area (Å²) in [4.78, 5) is 3.25. The van der Waals surface area contributed by atoms with Gasteiger partial charge in [0.15, 0.2) is 5.69 Å². The predicted molar refractivity (Wildman–Crippen MR) is 63.1 cm³/mol. The van der Waals surface area contributed by atoms with Crippen LogP contribution in [0.1, 0.15) is 5.56 Å². The molecule has 0 bridgehead atoms. The summed E-state index contributed by atoms with van der Waals surface area (Å²) >= 11 is 0. The first kappa shape index (κ1) is 12.2. The van der Waals surface area contributed by atoms with Crippen LogP contribution in [-0.4, -0.2) is 0 Å². The van der Waals surface area contributed by atoms with Crippen LogP contribution in [0.25, 0.3) is 16.0 Å². The molecular weight excluding hydrogens is 239 g/mol. The van der Waals surface area contributed by atoms with E-state index in [1.165, 1.54) is 12.1 Å². The van der Waals surface area contributed by atoms with Gasteiger partial charge < -0.3 is 0 Å². The third-order valence-electron chi connectivity index (χ3n) is 2.54. The molecule has 90 valence electrons. The Morgan fingerprint density at radius 1 is 0.778 bits per heavy atom. The van der Waals surface area contributed by atoms with Gasteiger partial charge in [0.25, 0.3) is 0 Å². The second-order valence-electron chi connectivity index (χ2n) is 3.73. The Morgan fingerprint density at radius 3 is 1.61 bits per heavy atom. The van der Waals surface area contributed by atoms with Crippen molar-refractivity contribution in [3.05, 3.63) is 65.5 Å². The van der Waals surface area contributed by atoms with Crippen LogP contribution in [0.4, 0.5) is 18.9 Å². The molecule has 0 unspecified atom stereocenters. The lowest BCUT2D eigenvalue weighted by Gasteiger charge is -2.07. The smallest absolute Gasteiger partial charge is 0.238 e. The Kier molecular flexibility index (Phi) is 3.07. The Morgan fingerprint density at radius 2 is 1.22 bits per heavy atom. The zero-order valence-corrected chi connectivity index (χ0v) is 9.20. The quantitative estimate of drug-likeness (QED) is 0.630. The van der Waals surface area contributed by atoms with Crippen molar-refractivity contribution in [2.75, 3.05) is 0 Å². The SMILES string of the molecule is [C-]#[N+]c1ccc(-c2ccc(C(F)(F)F)cc2)cc1. The fraction of sp³-hybridized carbons (Fsp3) is 0.0714. The molecule has 0 aliphatic heterocycles. The van der Waals surface area contributed by atoms with Crippen molar-refractivity contribution in [3.8, 4) is 11.1 Å². The van der Waals surface area contributed by atoms with Crippen molar-refractivity contribution in [3.63, 3.8) is 0 Å². The van der Waals surface area contributed by atoms with E-state index in [9.17, 15) is 13.2 Å². The number of hydrogen-bond donors (Lipinski definition) is 0. The molecule has 18 heavy (non-hydrogen) atoms. The maximum absolute atomic E-state index is 12.4. The Balaban J connectivity index is 2.32. The summed E-state index contributed by atoms with van der Waals surface area (Å²) in [7, 11) is 0. The molecule has 0 fully saturated rings. The first-order chi connectivity index (χ1) is 8.50. The molecule has 2 rings (SSSR count). The second-order valence-corrected chi connectivity index (χ2v) is 3.73. The van der Waals surface area contributed by atoms with E-state index in [1.54, 1.807) is 24.3 Å². The van der Waals surface area contributed by atoms with Gasteiger partial charge in [-0.05, 0) is 23.3 Å². The summed E-state index contributed by atoms with van der Waals surface area (Å²) < 4.78 is 37.2. The fourth-order valence-electron chi connectivity index (χ4n) is 1.58. The lowest BCUT2D eigenvalue weighted by Crippen LogP contribution is -2.03. The van der Waals surface area contributed by atoms with E-state index < -0.39 is 11.7 Å². The Bertz CT molecular complexity index is 574. The summed E-state index contributed by atoms with van der Waals surface area (Å²) in [5.41, 5.74) is 1.32. The van der Waals surface area contributed by atoms with Gasteiger partial charge in [0.05, 0.1) is 12.1 Å². The van der Waals surface area contributed by atoms with Gasteiger partial charge in [0, 0.05) is 0 Å². The van der Waals surface area contributed by atoms with Gasteiger partial charge in [-0.3, -0.25) is 0 Å². The highest BCUT2D eigenvalue weighted by atomic mass is 19.4. The van der Waals surface area contributed by atoms with Gasteiger partial charge in [-0.1, -0.05) is 36.4 Å². The van der Waals surface area contributed by atoms with Crippen LogP contribution in [0.2, 0.25) is 0 Å². The van der Waals surface area contributed by atoms with Crippen LogP contribution in [0.3, 0.4) is 0 Å². The minimum absolute atomic E-state index is 0.505. The van der Waals surface area contributed by atoms with Crippen molar-refractivity contribution < 1.29 is 13.2 Å². The molecule has 0 heterocycles. The minimum Gasteiger partial charge on any atom is -0.238 e. The average Bonchev–Trinajstić information content (AvgIpc) is 2.38. The highest BCUT2D eigenvalue weighted by Gasteiger charge is 2.29. The molecule has 0 N–H and O–H groups in total. The maximum atomic E-state index is 12.4. The van der Waals surface area contributed by atoms with Gasteiger partial charge in [-0.15, -0.1) is 0 Å². The number of halogens is 3. The van der Waals surface area contributed by atoms with Crippen LogP contribution < -0.4 is 0 Å². The molecule has 0 saturated heterocycles. The molecular formula is C14H8F3N. The third kappa shape index (κ3) is 2.51. The largest absolute Gasteiger partial charge is 0.416 e. The van der Waals surface area contributed by atoms with Crippen LogP contribution in [0, 0.1) is 6.57 Å². The maximum Gasteiger partial charge on any atom is 0.416 e. The van der Waals surface area contributed by atoms with E-state index in [0.717, 1.165) is 17.7 Å². The number of nitrogens with zero attached hydrogens (tertiary/aromatic N) is 1. The highest BCUT2D eigenvalue weighted by Crippen LogP contribution is 2.31. The normalized spacial score (nSPS) is 11.0. The second kappa shape index (κ2) is 4.53. The zero-order valence-electron chi connectivity index (χ0n) is 9.20. The van der Waals surface area contributed by atoms with Crippen molar-refractivity contribution in [1.29, 1.82) is 0 Å². The van der Waals surface area contributed by atoms with Crippen molar-refractivity contribution in [2.45, 2.75) is 6.18 Å². The van der Waals surface area contributed by atoms with E-state index in [-0.39, 0.29) is 0 Å². The van der Waals surface area contributed by atoms with E-state index in [4.69, 9.17) is 6.57 Å². The summed E-state index contributed by atoms with van der Waals surface area (Å²) in [6.07, 6.45) is -4.31. The van der Waals surface area contributed by atoms with Gasteiger partial charge in [0.2, 0.25) is 0 Å². The molecule has 2 aromatic carbocycles. The Labute approximate surface area is 102 Å². The molecule has 0 aliphatic rings. The summed E-state index contributed by atoms with van der Waals surface area (Å²) in [6, 6.07) is 11.7. The van der Waals surface area contributed by atoms with Gasteiger partial charge in [-0.2, -0.15) is 13.2 Å². The molecule has 1 nitrogen and oxygen atoms in total. The van der Waals surface area contributed by atoms with E-state index in [1.807, 2.05) is 0 Å². The molecule has 2 aromatic rings. The average molecular weight is 247 g/mol. The lowest BCUT2D eigenvalue weighted by molar-refractivity contribution is -0.137. The number of alkyl halides is 3. The number of benzene rings is 2. The van der Waals surface area contributed by atoms with Crippen LogP contribution in [-0.2, 0) is 6.18 Å². The van der Waals surface area contributed by atoms with Crippen LogP contribution >= 0.6 is 0 Å². The first-order valence-electron chi connectivity index (χ1n) is 5.16. The molecule has 0 aliphatic carbocycles. The van der Waals surface area contributed by atoms with E-state index in [0.29, 0.717) is 11.3 Å². The molecule has 0 aromatic heterocycles. The monoisotopic (exact) mass is 247 g/mol. The van der Waals surface area contributed by atoms with Gasteiger partial charge in [0.1, 0.15) is 0 Å². The molecule has 0 amide bonds. The highest BCUT2D eigenvalue weighted by molar-refractivity contribution is 5.66. The number of hydrogen-bond acceptors (Lipinski definition) is 0. The fourth-order valence-corrected chi connectivity index (χ4v) is 1.58. The molecule has 0 spiro atoms. The molecule has 0 atom stereocenters. The van der Waals surface area contributed by atoms with Gasteiger partial charge >= 0.3 is 6.18 Å². The topological polar surface area (TPSA) is 4.36 Å². The van der Waals surface area contributed by atoms with Crippen molar-refractivity contribution in [2.24, 2.45) is 0 Å². The molecule has 4 heteroatoms. The zero-order chi connectivity index (χ0) is 13.2. The summed E-state index contributed by atoms with van der Waals surface area (Å²) in [6.45, 7) is 6.82. The number of rotatable bonds is 1. The van der Waals surface area contributed by atoms with Crippen molar-refractivity contribution in [1.82, 2.24) is 0 Å². The van der Waals surface area contributed by atoms with Crippen LogP contribution in [0.5, 0.6) is 0 Å². The first-order valence-corrected chi connectivity index (χ1v) is 5.16. The van der Waals surface area contributed by atoms with Crippen LogP contribution in [0.15, 0.2) is 48.5 Å². The lowest BCUT2D eigenvalue weighted by atomic mass is 10.0. The standard InChI is InChI=1S/C14H8F3N/c1-18-13-8-4-11(5-9-13)10-2-6-12(7-3-10)14(15,16)17/h2-9H. The summed E-state index contributed by atoms with van der Waals surface area (Å²) in [5, 5.41) is 0. The van der Waals surface area contributed by atoms with E-state index in [2.05, 4.69) is 4.85 Å². The van der Waals surface area contributed by atoms with Crippen molar-refractivity contribution >= 4 is 5.69 Å². The Hall–Kier alpha value is -2.28.